The molecule has 0 saturated heterocycles. The van der Waals surface area contributed by atoms with Crippen LogP contribution >= 0.6 is 15.9 Å². The highest BCUT2D eigenvalue weighted by atomic mass is 79.9. The predicted octanol–water partition coefficient (Wildman–Crippen LogP) is 4.25. The number of halogens is 1. The van der Waals surface area contributed by atoms with Crippen molar-refractivity contribution in [1.29, 1.82) is 0 Å². The molecule has 0 amide bonds. The Labute approximate surface area is 97.7 Å². The first kappa shape index (κ1) is 14.4. The van der Waals surface area contributed by atoms with Crippen LogP contribution in [0.3, 0.4) is 0 Å². The summed E-state index contributed by atoms with van der Waals surface area (Å²) in [5.74, 6) is 0.712. The number of hydrogen-bond acceptors (Lipinski definition) is 1. The van der Waals surface area contributed by atoms with Crippen LogP contribution in [0.5, 0.6) is 0 Å². The summed E-state index contributed by atoms with van der Waals surface area (Å²) in [6.07, 6.45) is 3.58. The molecule has 0 radical (unpaired) electrons. The van der Waals surface area contributed by atoms with Gasteiger partial charge in [-0.1, -0.05) is 50.0 Å². The van der Waals surface area contributed by atoms with Crippen LogP contribution in [0.15, 0.2) is 0 Å². The highest BCUT2D eigenvalue weighted by Crippen LogP contribution is 2.30. The van der Waals surface area contributed by atoms with Crippen molar-refractivity contribution in [3.8, 4) is 0 Å². The van der Waals surface area contributed by atoms with Crippen LogP contribution in [0, 0.1) is 11.3 Å². The molecule has 0 aromatic heterocycles. The molecule has 0 aliphatic heterocycles. The van der Waals surface area contributed by atoms with E-state index in [1.165, 1.54) is 19.3 Å². The first-order valence-corrected chi connectivity index (χ1v) is 6.78. The summed E-state index contributed by atoms with van der Waals surface area (Å²) in [5, 5.41) is 1.08. The van der Waals surface area contributed by atoms with Crippen LogP contribution in [-0.2, 0) is 4.74 Å². The van der Waals surface area contributed by atoms with Gasteiger partial charge in [0.15, 0.2) is 0 Å². The number of alkyl halides is 1. The van der Waals surface area contributed by atoms with Gasteiger partial charge in [-0.05, 0) is 24.2 Å². The normalized spacial score (nSPS) is 14.4. The van der Waals surface area contributed by atoms with Gasteiger partial charge in [0.25, 0.3) is 0 Å². The smallest absolute Gasteiger partial charge is 0.0469 e. The lowest BCUT2D eigenvalue weighted by molar-refractivity contribution is 0.102. The van der Waals surface area contributed by atoms with E-state index in [1.807, 2.05) is 0 Å². The van der Waals surface area contributed by atoms with E-state index in [-0.39, 0.29) is 0 Å². The molecule has 0 rings (SSSR count). The van der Waals surface area contributed by atoms with Crippen molar-refractivity contribution in [1.82, 2.24) is 0 Å². The first-order valence-electron chi connectivity index (χ1n) is 5.66. The van der Waals surface area contributed by atoms with Crippen molar-refractivity contribution >= 4 is 15.9 Å². The fourth-order valence-corrected chi connectivity index (χ4v) is 2.61. The third-order valence-corrected chi connectivity index (χ3v) is 3.45. The van der Waals surface area contributed by atoms with E-state index in [4.69, 9.17) is 4.74 Å². The summed E-state index contributed by atoms with van der Waals surface area (Å²) in [4.78, 5) is 0. The zero-order valence-corrected chi connectivity index (χ0v) is 11.7. The van der Waals surface area contributed by atoms with Gasteiger partial charge in [0.1, 0.15) is 0 Å². The van der Waals surface area contributed by atoms with Crippen molar-refractivity contribution in [2.75, 3.05) is 18.5 Å². The van der Waals surface area contributed by atoms with Crippen molar-refractivity contribution in [3.63, 3.8) is 0 Å². The highest BCUT2D eigenvalue weighted by molar-refractivity contribution is 9.09. The molecule has 0 fully saturated rings. The van der Waals surface area contributed by atoms with E-state index in [0.29, 0.717) is 11.3 Å². The number of unbranched alkanes of at least 4 members (excludes halogenated alkanes) is 1. The van der Waals surface area contributed by atoms with Crippen LogP contribution in [0.2, 0.25) is 0 Å². The summed E-state index contributed by atoms with van der Waals surface area (Å²) < 4.78 is 5.58. The van der Waals surface area contributed by atoms with Gasteiger partial charge in [-0.25, -0.2) is 0 Å². The Morgan fingerprint density at radius 1 is 1.21 bits per heavy atom. The van der Waals surface area contributed by atoms with E-state index in [9.17, 15) is 0 Å². The molecule has 1 atom stereocenters. The second kappa shape index (κ2) is 7.70. The summed E-state index contributed by atoms with van der Waals surface area (Å²) in [6, 6.07) is 0. The highest BCUT2D eigenvalue weighted by Gasteiger charge is 2.22. The largest absolute Gasteiger partial charge is 0.381 e. The lowest BCUT2D eigenvalue weighted by Crippen LogP contribution is -2.23. The van der Waals surface area contributed by atoms with E-state index < -0.39 is 0 Å². The molecule has 86 valence electrons. The molecule has 0 aromatic carbocycles. The fraction of sp³-hybridized carbons (Fsp3) is 1.00. The Morgan fingerprint density at radius 2 is 1.86 bits per heavy atom. The van der Waals surface area contributed by atoms with Gasteiger partial charge in [0, 0.05) is 18.5 Å². The second-order valence-electron chi connectivity index (χ2n) is 4.97. The minimum atomic E-state index is 0.387. The zero-order chi connectivity index (χ0) is 11.0. The Kier molecular flexibility index (Phi) is 7.94. The maximum absolute atomic E-state index is 5.58. The minimum Gasteiger partial charge on any atom is -0.381 e. The van der Waals surface area contributed by atoms with Gasteiger partial charge in [-0.2, -0.15) is 0 Å². The van der Waals surface area contributed by atoms with Crippen molar-refractivity contribution in [2.24, 2.45) is 11.3 Å². The van der Waals surface area contributed by atoms with Crippen LogP contribution < -0.4 is 0 Å². The minimum absolute atomic E-state index is 0.387. The summed E-state index contributed by atoms with van der Waals surface area (Å²) in [6.45, 7) is 10.9. The average Bonchev–Trinajstić information content (AvgIpc) is 2.09. The summed E-state index contributed by atoms with van der Waals surface area (Å²) in [7, 11) is 0. The third kappa shape index (κ3) is 6.83. The molecule has 0 spiro atoms. The monoisotopic (exact) mass is 264 g/mol. The van der Waals surface area contributed by atoms with Crippen LogP contribution in [0.25, 0.3) is 0 Å². The zero-order valence-electron chi connectivity index (χ0n) is 10.1. The topological polar surface area (TPSA) is 9.23 Å². The molecule has 14 heavy (non-hydrogen) atoms. The molecular formula is C12H25BrO. The van der Waals surface area contributed by atoms with Gasteiger partial charge in [0.05, 0.1) is 0 Å². The van der Waals surface area contributed by atoms with Gasteiger partial charge in [-0.3, -0.25) is 0 Å². The van der Waals surface area contributed by atoms with Gasteiger partial charge >= 0.3 is 0 Å². The Bertz CT molecular complexity index is 129. The van der Waals surface area contributed by atoms with E-state index in [1.54, 1.807) is 0 Å². The number of rotatable bonds is 7. The number of ether oxygens (including phenoxy) is 1. The lowest BCUT2D eigenvalue weighted by Gasteiger charge is -2.29. The molecule has 1 nitrogen and oxygen atoms in total. The molecule has 0 aromatic rings. The standard InChI is InChI=1S/C12H25BrO/c1-5-6-8-14-9-7-11(10-13)12(2,3)4/h11H,5-10H2,1-4H3. The molecule has 0 aliphatic carbocycles. The van der Waals surface area contributed by atoms with Crippen LogP contribution in [0.4, 0.5) is 0 Å². The molecule has 0 heterocycles. The first-order chi connectivity index (χ1) is 6.52. The molecule has 1 unspecified atom stereocenters. The van der Waals surface area contributed by atoms with Crippen molar-refractivity contribution in [3.05, 3.63) is 0 Å². The van der Waals surface area contributed by atoms with Gasteiger partial charge in [0.2, 0.25) is 0 Å². The number of hydrogen-bond donors (Lipinski definition) is 0. The van der Waals surface area contributed by atoms with Gasteiger partial charge < -0.3 is 4.74 Å². The summed E-state index contributed by atoms with van der Waals surface area (Å²) >= 11 is 3.58. The Balaban J connectivity index is 3.54. The van der Waals surface area contributed by atoms with Crippen molar-refractivity contribution < 1.29 is 4.74 Å². The Hall–Kier alpha value is 0.440. The molecular weight excluding hydrogens is 240 g/mol. The molecule has 0 aliphatic rings. The second-order valence-corrected chi connectivity index (χ2v) is 5.62. The summed E-state index contributed by atoms with van der Waals surface area (Å²) in [5.41, 5.74) is 0.387. The molecule has 0 saturated carbocycles. The molecule has 0 N–H and O–H groups in total. The lowest BCUT2D eigenvalue weighted by atomic mass is 9.80. The SMILES string of the molecule is CCCCOCCC(CBr)C(C)(C)C. The van der Waals surface area contributed by atoms with Crippen LogP contribution in [0.1, 0.15) is 47.0 Å². The van der Waals surface area contributed by atoms with Crippen molar-refractivity contribution in [2.45, 2.75) is 47.0 Å². The molecule has 2 heteroatoms. The van der Waals surface area contributed by atoms with E-state index in [0.717, 1.165) is 18.5 Å². The molecule has 0 bridgehead atoms. The maximum Gasteiger partial charge on any atom is 0.0469 e. The van der Waals surface area contributed by atoms with Gasteiger partial charge in [-0.15, -0.1) is 0 Å². The maximum atomic E-state index is 5.58. The predicted molar refractivity (Wildman–Crippen MR) is 67.1 cm³/mol. The van der Waals surface area contributed by atoms with E-state index >= 15 is 0 Å². The third-order valence-electron chi connectivity index (χ3n) is 2.66. The Morgan fingerprint density at radius 3 is 2.29 bits per heavy atom. The van der Waals surface area contributed by atoms with Crippen LogP contribution in [-0.4, -0.2) is 18.5 Å². The average molecular weight is 265 g/mol. The fourth-order valence-electron chi connectivity index (χ4n) is 1.32. The quantitative estimate of drug-likeness (QED) is 0.494. The van der Waals surface area contributed by atoms with E-state index in [2.05, 4.69) is 43.6 Å².